The Morgan fingerprint density at radius 1 is 1.35 bits per heavy atom. The highest BCUT2D eigenvalue weighted by Crippen LogP contribution is 2.30. The fraction of sp³-hybridized carbons (Fsp3) is 0.391. The van der Waals surface area contributed by atoms with Crippen molar-refractivity contribution in [3.8, 4) is 11.8 Å². The molecule has 0 radical (unpaired) electrons. The summed E-state index contributed by atoms with van der Waals surface area (Å²) in [6, 6.07) is 9.74. The Hall–Kier alpha value is -3.07. The van der Waals surface area contributed by atoms with Crippen molar-refractivity contribution in [1.29, 1.82) is 5.26 Å². The maximum absolute atomic E-state index is 12.8. The Morgan fingerprint density at radius 2 is 2.15 bits per heavy atom. The number of thioether (sulfide) groups is 1. The summed E-state index contributed by atoms with van der Waals surface area (Å²) < 4.78 is 13.6. The summed E-state index contributed by atoms with van der Waals surface area (Å²) in [6.07, 6.45) is 2.11. The third-order valence-electron chi connectivity index (χ3n) is 5.68. The Morgan fingerprint density at radius 3 is 2.82 bits per heavy atom. The number of carbonyl (C=O) groups excluding carboxylic acids is 1. The summed E-state index contributed by atoms with van der Waals surface area (Å²) in [6.45, 7) is 5.25. The molecule has 1 saturated heterocycles. The Labute approximate surface area is 206 Å². The molecule has 1 unspecified atom stereocenters. The zero-order chi connectivity index (χ0) is 24.1. The van der Waals surface area contributed by atoms with E-state index in [1.165, 1.54) is 23.1 Å². The SMILES string of the molecule is COc1ccc(Nc2nnc(SCC(=O)Nc3c(C#N)c(C)c(C)n3CC3CCCO3)s2)cc1. The average Bonchev–Trinajstić information content (AvgIpc) is 3.57. The van der Waals surface area contributed by atoms with Gasteiger partial charge in [-0.05, 0) is 56.5 Å². The molecular formula is C23H26N6O3S2. The largest absolute Gasteiger partial charge is 0.497 e. The molecule has 0 aliphatic carbocycles. The lowest BCUT2D eigenvalue weighted by molar-refractivity contribution is -0.113. The highest BCUT2D eigenvalue weighted by molar-refractivity contribution is 8.01. The van der Waals surface area contributed by atoms with Gasteiger partial charge in [0, 0.05) is 18.0 Å². The smallest absolute Gasteiger partial charge is 0.235 e. The van der Waals surface area contributed by atoms with E-state index >= 15 is 0 Å². The first-order valence-corrected chi connectivity index (χ1v) is 12.7. The third-order valence-corrected chi connectivity index (χ3v) is 7.66. The lowest BCUT2D eigenvalue weighted by Gasteiger charge is -2.16. The molecule has 9 nitrogen and oxygen atoms in total. The minimum atomic E-state index is -0.201. The molecular weight excluding hydrogens is 472 g/mol. The Kier molecular flexibility index (Phi) is 7.72. The number of nitrogens with zero attached hydrogens (tertiary/aromatic N) is 4. The molecule has 178 valence electrons. The molecule has 11 heteroatoms. The number of anilines is 3. The van der Waals surface area contributed by atoms with E-state index in [1.807, 2.05) is 42.7 Å². The van der Waals surface area contributed by atoms with Crippen LogP contribution in [0.4, 0.5) is 16.6 Å². The fourth-order valence-corrected chi connectivity index (χ4v) is 5.33. The van der Waals surface area contributed by atoms with Crippen molar-refractivity contribution < 1.29 is 14.3 Å². The first kappa shape index (κ1) is 24.1. The van der Waals surface area contributed by atoms with Crippen LogP contribution in [-0.2, 0) is 16.1 Å². The molecule has 1 aromatic carbocycles. The van der Waals surface area contributed by atoms with Gasteiger partial charge in [0.1, 0.15) is 17.6 Å². The number of nitriles is 1. The van der Waals surface area contributed by atoms with Gasteiger partial charge in [-0.3, -0.25) is 4.79 Å². The molecule has 4 rings (SSSR count). The maximum Gasteiger partial charge on any atom is 0.235 e. The van der Waals surface area contributed by atoms with Gasteiger partial charge in [0.15, 0.2) is 4.34 Å². The van der Waals surface area contributed by atoms with Gasteiger partial charge in [-0.1, -0.05) is 23.1 Å². The topological polar surface area (TPSA) is 114 Å². The summed E-state index contributed by atoms with van der Waals surface area (Å²) in [4.78, 5) is 12.8. The van der Waals surface area contributed by atoms with Gasteiger partial charge < -0.3 is 24.7 Å². The molecule has 2 N–H and O–H groups in total. The van der Waals surface area contributed by atoms with Crippen molar-refractivity contribution in [2.75, 3.05) is 30.1 Å². The van der Waals surface area contributed by atoms with Gasteiger partial charge in [0.2, 0.25) is 11.0 Å². The van der Waals surface area contributed by atoms with E-state index < -0.39 is 0 Å². The number of hydrogen-bond acceptors (Lipinski definition) is 9. The van der Waals surface area contributed by atoms with Crippen LogP contribution in [0.3, 0.4) is 0 Å². The normalized spacial score (nSPS) is 15.2. The molecule has 3 aromatic rings. The summed E-state index contributed by atoms with van der Waals surface area (Å²) in [5, 5.41) is 24.8. The Balaban J connectivity index is 1.37. The van der Waals surface area contributed by atoms with Crippen molar-refractivity contribution in [3.63, 3.8) is 0 Å². The zero-order valence-electron chi connectivity index (χ0n) is 19.3. The van der Waals surface area contributed by atoms with E-state index in [4.69, 9.17) is 9.47 Å². The minimum Gasteiger partial charge on any atom is -0.497 e. The van der Waals surface area contributed by atoms with Crippen LogP contribution in [0, 0.1) is 25.2 Å². The number of methoxy groups -OCH3 is 1. The van der Waals surface area contributed by atoms with Crippen LogP contribution in [0.25, 0.3) is 0 Å². The van der Waals surface area contributed by atoms with E-state index in [9.17, 15) is 10.1 Å². The molecule has 2 aromatic heterocycles. The van der Waals surface area contributed by atoms with Gasteiger partial charge >= 0.3 is 0 Å². The molecule has 1 aliphatic heterocycles. The standard InChI is InChI=1S/C23H26N6O3S2/c1-14-15(2)29(12-18-5-4-10-32-18)21(19(14)11-24)26-20(30)13-33-23-28-27-22(34-23)25-16-6-8-17(31-3)9-7-16/h6-9,18H,4-5,10,12-13H2,1-3H3,(H,25,27)(H,26,30). The number of benzene rings is 1. The zero-order valence-corrected chi connectivity index (χ0v) is 20.9. The maximum atomic E-state index is 12.8. The molecule has 1 amide bonds. The fourth-order valence-electron chi connectivity index (χ4n) is 3.76. The number of hydrogen-bond donors (Lipinski definition) is 2. The van der Waals surface area contributed by atoms with Crippen LogP contribution >= 0.6 is 23.1 Å². The number of carbonyl (C=O) groups is 1. The van der Waals surface area contributed by atoms with E-state index in [1.54, 1.807) is 7.11 Å². The number of ether oxygens (including phenoxy) is 2. The lowest BCUT2D eigenvalue weighted by atomic mass is 10.2. The van der Waals surface area contributed by atoms with Gasteiger partial charge in [-0.25, -0.2) is 0 Å². The number of aromatic nitrogens is 3. The summed E-state index contributed by atoms with van der Waals surface area (Å²) in [5.74, 6) is 1.27. The number of amides is 1. The summed E-state index contributed by atoms with van der Waals surface area (Å²) in [5.41, 5.74) is 3.21. The lowest BCUT2D eigenvalue weighted by Crippen LogP contribution is -2.22. The van der Waals surface area contributed by atoms with Gasteiger partial charge in [0.05, 0.1) is 31.1 Å². The summed E-state index contributed by atoms with van der Waals surface area (Å²) >= 11 is 2.67. The summed E-state index contributed by atoms with van der Waals surface area (Å²) in [7, 11) is 1.62. The molecule has 1 aliphatic rings. The van der Waals surface area contributed by atoms with E-state index in [2.05, 4.69) is 26.9 Å². The van der Waals surface area contributed by atoms with Gasteiger partial charge in [0.25, 0.3) is 0 Å². The molecule has 1 atom stereocenters. The van der Waals surface area contributed by atoms with Crippen LogP contribution < -0.4 is 15.4 Å². The van der Waals surface area contributed by atoms with Gasteiger partial charge in [-0.2, -0.15) is 5.26 Å². The first-order valence-electron chi connectivity index (χ1n) is 10.9. The van der Waals surface area contributed by atoms with Crippen molar-refractivity contribution in [1.82, 2.24) is 14.8 Å². The monoisotopic (exact) mass is 498 g/mol. The number of nitrogens with one attached hydrogen (secondary N) is 2. The highest BCUT2D eigenvalue weighted by Gasteiger charge is 2.24. The molecule has 0 spiro atoms. The van der Waals surface area contributed by atoms with Crippen LogP contribution in [0.2, 0.25) is 0 Å². The molecule has 3 heterocycles. The second-order valence-electron chi connectivity index (χ2n) is 7.85. The predicted molar refractivity (Wildman–Crippen MR) is 133 cm³/mol. The van der Waals surface area contributed by atoms with Crippen molar-refractivity contribution in [2.24, 2.45) is 0 Å². The predicted octanol–water partition coefficient (Wildman–Crippen LogP) is 4.49. The Bertz CT molecular complexity index is 1190. The molecule has 0 saturated carbocycles. The quantitative estimate of drug-likeness (QED) is 0.415. The van der Waals surface area contributed by atoms with Crippen molar-refractivity contribution in [2.45, 2.75) is 43.7 Å². The minimum absolute atomic E-state index is 0.0973. The van der Waals surface area contributed by atoms with Gasteiger partial charge in [-0.15, -0.1) is 10.2 Å². The van der Waals surface area contributed by atoms with Crippen molar-refractivity contribution in [3.05, 3.63) is 41.1 Å². The van der Waals surface area contributed by atoms with Crippen molar-refractivity contribution >= 4 is 45.6 Å². The first-order chi connectivity index (χ1) is 16.5. The van der Waals surface area contributed by atoms with Crippen LogP contribution in [0.15, 0.2) is 28.6 Å². The van der Waals surface area contributed by atoms with Crippen LogP contribution in [0.1, 0.15) is 29.7 Å². The van der Waals surface area contributed by atoms with Crippen LogP contribution in [-0.4, -0.2) is 46.2 Å². The van der Waals surface area contributed by atoms with E-state index in [0.29, 0.717) is 27.4 Å². The number of rotatable bonds is 9. The molecule has 0 bridgehead atoms. The molecule has 1 fully saturated rings. The average molecular weight is 499 g/mol. The van der Waals surface area contributed by atoms with Crippen LogP contribution in [0.5, 0.6) is 5.75 Å². The van der Waals surface area contributed by atoms with E-state index in [-0.39, 0.29) is 17.8 Å². The second kappa shape index (κ2) is 10.9. The third kappa shape index (κ3) is 5.52. The molecule has 34 heavy (non-hydrogen) atoms. The second-order valence-corrected chi connectivity index (χ2v) is 10.1. The van der Waals surface area contributed by atoms with E-state index in [0.717, 1.165) is 42.1 Å². The highest BCUT2D eigenvalue weighted by atomic mass is 32.2.